The number of hydrogen-bond acceptors (Lipinski definition) is 4. The third-order valence-corrected chi connectivity index (χ3v) is 3.54. The highest BCUT2D eigenvalue weighted by Gasteiger charge is 2.10. The van der Waals surface area contributed by atoms with Crippen molar-refractivity contribution in [2.24, 2.45) is 0 Å². The van der Waals surface area contributed by atoms with Crippen LogP contribution in [0.3, 0.4) is 0 Å². The average Bonchev–Trinajstić information content (AvgIpc) is 2.77. The third-order valence-electron chi connectivity index (χ3n) is 2.67. The Balaban J connectivity index is 2.10. The molecule has 3 nitrogen and oxygen atoms in total. The van der Waals surface area contributed by atoms with Crippen molar-refractivity contribution in [2.75, 3.05) is 0 Å². The summed E-state index contributed by atoms with van der Waals surface area (Å²) in [6.07, 6.45) is 0.821. The average molecular weight is 275 g/mol. The number of nitrogens with zero attached hydrogens (tertiary/aromatic N) is 2. The molecule has 0 unspecified atom stereocenters. The first-order chi connectivity index (χ1) is 8.92. The summed E-state index contributed by atoms with van der Waals surface area (Å²) < 4.78 is 0. The van der Waals surface area contributed by atoms with Crippen LogP contribution in [0, 0.1) is 6.92 Å². The van der Waals surface area contributed by atoms with Crippen molar-refractivity contribution in [1.82, 2.24) is 15.3 Å². The van der Waals surface area contributed by atoms with Gasteiger partial charge >= 0.3 is 0 Å². The zero-order valence-corrected chi connectivity index (χ0v) is 12.8. The number of rotatable bonds is 4. The smallest absolute Gasteiger partial charge is 0.134 e. The summed E-state index contributed by atoms with van der Waals surface area (Å²) in [5, 5.41) is 5.55. The highest BCUT2D eigenvalue weighted by Crippen LogP contribution is 2.13. The maximum atomic E-state index is 4.64. The van der Waals surface area contributed by atoms with Gasteiger partial charge in [-0.05, 0) is 45.2 Å². The van der Waals surface area contributed by atoms with Crippen LogP contribution in [0.2, 0.25) is 0 Å². The Morgan fingerprint density at radius 1 is 1.26 bits per heavy atom. The van der Waals surface area contributed by atoms with Gasteiger partial charge in [0.05, 0.1) is 5.69 Å². The Bertz CT molecular complexity index is 527. The molecule has 2 heterocycles. The normalized spacial score (nSPS) is 11.8. The van der Waals surface area contributed by atoms with E-state index in [4.69, 9.17) is 0 Å². The predicted octanol–water partition coefficient (Wildman–Crippen LogP) is 3.33. The van der Waals surface area contributed by atoms with Gasteiger partial charge < -0.3 is 5.32 Å². The van der Waals surface area contributed by atoms with Gasteiger partial charge in [0.2, 0.25) is 0 Å². The van der Waals surface area contributed by atoms with Crippen LogP contribution in [-0.2, 0) is 13.0 Å². The SMILES string of the molecule is Cc1cc(CNC(C)(C)C)nc(Cc2cccs2)n1. The zero-order valence-electron chi connectivity index (χ0n) is 12.0. The summed E-state index contributed by atoms with van der Waals surface area (Å²) >= 11 is 1.75. The maximum absolute atomic E-state index is 4.64. The van der Waals surface area contributed by atoms with Crippen LogP contribution in [0.4, 0.5) is 0 Å². The van der Waals surface area contributed by atoms with Gasteiger partial charge in [0.25, 0.3) is 0 Å². The quantitative estimate of drug-likeness (QED) is 0.930. The van der Waals surface area contributed by atoms with E-state index in [1.54, 1.807) is 11.3 Å². The Kier molecular flexibility index (Phi) is 4.32. The molecule has 0 saturated heterocycles. The highest BCUT2D eigenvalue weighted by atomic mass is 32.1. The first kappa shape index (κ1) is 14.2. The molecule has 0 aliphatic carbocycles. The number of aryl methyl sites for hydroxylation is 1. The monoisotopic (exact) mass is 275 g/mol. The van der Waals surface area contributed by atoms with Crippen LogP contribution >= 0.6 is 11.3 Å². The van der Waals surface area contributed by atoms with Crippen molar-refractivity contribution in [3.63, 3.8) is 0 Å². The molecule has 102 valence electrons. The van der Waals surface area contributed by atoms with Crippen molar-refractivity contribution in [3.05, 3.63) is 45.7 Å². The molecule has 0 bridgehead atoms. The van der Waals surface area contributed by atoms with E-state index in [9.17, 15) is 0 Å². The lowest BCUT2D eigenvalue weighted by Gasteiger charge is -2.20. The summed E-state index contributed by atoms with van der Waals surface area (Å²) in [5.41, 5.74) is 2.20. The van der Waals surface area contributed by atoms with E-state index < -0.39 is 0 Å². The van der Waals surface area contributed by atoms with E-state index >= 15 is 0 Å². The molecule has 19 heavy (non-hydrogen) atoms. The van der Waals surface area contributed by atoms with Crippen LogP contribution < -0.4 is 5.32 Å². The van der Waals surface area contributed by atoms with Gasteiger partial charge in [-0.15, -0.1) is 11.3 Å². The third kappa shape index (κ3) is 4.73. The molecule has 0 atom stereocenters. The summed E-state index contributed by atoms with van der Waals surface area (Å²) in [6, 6.07) is 6.25. The van der Waals surface area contributed by atoms with Crippen LogP contribution in [-0.4, -0.2) is 15.5 Å². The van der Waals surface area contributed by atoms with Crippen molar-refractivity contribution < 1.29 is 0 Å². The lowest BCUT2D eigenvalue weighted by Crippen LogP contribution is -2.35. The summed E-state index contributed by atoms with van der Waals surface area (Å²) in [7, 11) is 0. The van der Waals surface area contributed by atoms with Crippen molar-refractivity contribution in [1.29, 1.82) is 0 Å². The van der Waals surface area contributed by atoms with Gasteiger partial charge in [-0.25, -0.2) is 9.97 Å². The van der Waals surface area contributed by atoms with Crippen molar-refractivity contribution in [2.45, 2.75) is 46.2 Å². The Labute approximate surface area is 119 Å². The minimum absolute atomic E-state index is 0.104. The standard InChI is InChI=1S/C15H21N3S/c1-11-8-12(10-16-15(2,3)4)18-14(17-11)9-13-6-5-7-19-13/h5-8,16H,9-10H2,1-4H3. The number of thiophene rings is 1. The second kappa shape index (κ2) is 5.80. The first-order valence-electron chi connectivity index (χ1n) is 6.53. The summed E-state index contributed by atoms with van der Waals surface area (Å²) in [4.78, 5) is 10.5. The van der Waals surface area contributed by atoms with E-state index in [2.05, 4.69) is 59.6 Å². The molecular formula is C15H21N3S. The van der Waals surface area contributed by atoms with E-state index in [0.717, 1.165) is 30.2 Å². The largest absolute Gasteiger partial charge is 0.306 e. The molecule has 0 amide bonds. The first-order valence-corrected chi connectivity index (χ1v) is 7.41. The van der Waals surface area contributed by atoms with Crippen molar-refractivity contribution in [3.8, 4) is 0 Å². The van der Waals surface area contributed by atoms with Gasteiger partial charge in [0.15, 0.2) is 0 Å². The predicted molar refractivity (Wildman–Crippen MR) is 80.5 cm³/mol. The second-order valence-electron chi connectivity index (χ2n) is 5.78. The van der Waals surface area contributed by atoms with Crippen LogP contribution in [0.5, 0.6) is 0 Å². The fourth-order valence-corrected chi connectivity index (χ4v) is 2.50. The highest BCUT2D eigenvalue weighted by molar-refractivity contribution is 7.09. The molecule has 0 aromatic carbocycles. The van der Waals surface area contributed by atoms with E-state index in [1.165, 1.54) is 4.88 Å². The maximum Gasteiger partial charge on any atom is 0.134 e. The molecule has 2 rings (SSSR count). The molecule has 4 heteroatoms. The molecule has 0 radical (unpaired) electrons. The summed E-state index contributed by atoms with van der Waals surface area (Å²) in [5.74, 6) is 0.910. The van der Waals surface area contributed by atoms with Gasteiger partial charge in [-0.1, -0.05) is 6.07 Å². The van der Waals surface area contributed by atoms with E-state index in [1.807, 2.05) is 6.92 Å². The lowest BCUT2D eigenvalue weighted by molar-refractivity contribution is 0.420. The molecular weight excluding hydrogens is 254 g/mol. The van der Waals surface area contributed by atoms with E-state index in [-0.39, 0.29) is 5.54 Å². The fourth-order valence-electron chi connectivity index (χ4n) is 1.79. The summed E-state index contributed by atoms with van der Waals surface area (Å²) in [6.45, 7) is 9.29. The molecule has 0 fully saturated rings. The molecule has 0 aliphatic heterocycles. The van der Waals surface area contributed by atoms with Crippen LogP contribution in [0.25, 0.3) is 0 Å². The molecule has 0 aliphatic rings. The molecule has 2 aromatic heterocycles. The second-order valence-corrected chi connectivity index (χ2v) is 6.81. The van der Waals surface area contributed by atoms with E-state index in [0.29, 0.717) is 0 Å². The minimum atomic E-state index is 0.104. The Morgan fingerprint density at radius 3 is 2.68 bits per heavy atom. The molecule has 0 saturated carbocycles. The minimum Gasteiger partial charge on any atom is -0.306 e. The van der Waals surface area contributed by atoms with Gasteiger partial charge in [-0.3, -0.25) is 0 Å². The van der Waals surface area contributed by atoms with Crippen LogP contribution in [0.15, 0.2) is 23.6 Å². The number of nitrogens with one attached hydrogen (secondary N) is 1. The molecule has 0 spiro atoms. The Morgan fingerprint density at radius 2 is 2.05 bits per heavy atom. The van der Waals surface area contributed by atoms with Gasteiger partial charge in [-0.2, -0.15) is 0 Å². The zero-order chi connectivity index (χ0) is 13.9. The van der Waals surface area contributed by atoms with Gasteiger partial charge in [0, 0.05) is 29.1 Å². The lowest BCUT2D eigenvalue weighted by atomic mass is 10.1. The number of aromatic nitrogens is 2. The van der Waals surface area contributed by atoms with Gasteiger partial charge in [0.1, 0.15) is 5.82 Å². The van der Waals surface area contributed by atoms with Crippen LogP contribution in [0.1, 0.15) is 42.9 Å². The number of hydrogen-bond donors (Lipinski definition) is 1. The molecule has 2 aromatic rings. The topological polar surface area (TPSA) is 37.8 Å². The van der Waals surface area contributed by atoms with Crippen molar-refractivity contribution >= 4 is 11.3 Å². The Hall–Kier alpha value is -1.26. The molecule has 1 N–H and O–H groups in total. The fraction of sp³-hybridized carbons (Fsp3) is 0.467.